The molecule has 0 radical (unpaired) electrons. The Morgan fingerprint density at radius 1 is 1.50 bits per heavy atom. The molecule has 0 rings (SSSR count). The van der Waals surface area contributed by atoms with E-state index in [0.717, 1.165) is 0 Å². The number of hydrogen-bond acceptors (Lipinski definition) is 3. The minimum absolute atomic E-state index is 0.110. The highest BCUT2D eigenvalue weighted by molar-refractivity contribution is 5.80. The third-order valence-electron chi connectivity index (χ3n) is 1.60. The number of hydrogen-bond donors (Lipinski definition) is 2. The molecule has 0 saturated carbocycles. The second-order valence-electron chi connectivity index (χ2n) is 3.14. The number of nitrogens with two attached hydrogens (primary N) is 1. The molecule has 12 heavy (non-hydrogen) atoms. The van der Waals surface area contributed by atoms with Crippen molar-refractivity contribution in [1.82, 2.24) is 5.32 Å². The van der Waals surface area contributed by atoms with Crippen LogP contribution in [0.15, 0.2) is 0 Å². The molecule has 0 aromatic heterocycles. The molecule has 4 nitrogen and oxygen atoms in total. The molecule has 0 aliphatic heterocycles. The second kappa shape index (κ2) is 4.73. The van der Waals surface area contributed by atoms with Crippen LogP contribution in [0.25, 0.3) is 0 Å². The van der Waals surface area contributed by atoms with Gasteiger partial charge in [-0.3, -0.25) is 10.1 Å². The molecule has 2 atom stereocenters. The third-order valence-corrected chi connectivity index (χ3v) is 1.60. The molecule has 0 aromatic carbocycles. The van der Waals surface area contributed by atoms with Crippen LogP contribution in [-0.2, 0) is 4.79 Å². The van der Waals surface area contributed by atoms with Crippen molar-refractivity contribution in [3.05, 3.63) is 0 Å². The fourth-order valence-corrected chi connectivity index (χ4v) is 0.910. The van der Waals surface area contributed by atoms with Gasteiger partial charge in [0, 0.05) is 0 Å². The number of rotatable bonds is 4. The van der Waals surface area contributed by atoms with E-state index in [0.29, 0.717) is 0 Å². The predicted molar refractivity (Wildman–Crippen MR) is 46.0 cm³/mol. The van der Waals surface area contributed by atoms with Crippen LogP contribution in [0, 0.1) is 17.2 Å². The Kier molecular flexibility index (Phi) is 4.30. The van der Waals surface area contributed by atoms with Crippen molar-refractivity contribution in [2.45, 2.75) is 32.9 Å². The van der Waals surface area contributed by atoms with Crippen molar-refractivity contribution < 1.29 is 4.79 Å². The Balaban J connectivity index is 4.16. The smallest absolute Gasteiger partial charge is 0.234 e. The summed E-state index contributed by atoms with van der Waals surface area (Å²) in [6.07, 6.45) is 0. The molecular formula is C8H15N3O. The lowest BCUT2D eigenvalue weighted by Gasteiger charge is -2.19. The van der Waals surface area contributed by atoms with E-state index < -0.39 is 11.9 Å². The molecule has 0 fully saturated rings. The van der Waals surface area contributed by atoms with Gasteiger partial charge in [-0.15, -0.1) is 0 Å². The van der Waals surface area contributed by atoms with Crippen LogP contribution in [0.5, 0.6) is 0 Å². The number of carbonyl (C=O) groups is 1. The summed E-state index contributed by atoms with van der Waals surface area (Å²) in [4.78, 5) is 10.8. The van der Waals surface area contributed by atoms with Gasteiger partial charge < -0.3 is 5.73 Å². The Morgan fingerprint density at radius 3 is 2.25 bits per heavy atom. The lowest BCUT2D eigenvalue weighted by Crippen LogP contribution is -2.48. The Labute approximate surface area is 72.7 Å². The molecule has 0 bridgehead atoms. The normalized spacial score (nSPS) is 15.2. The summed E-state index contributed by atoms with van der Waals surface area (Å²) < 4.78 is 0. The van der Waals surface area contributed by atoms with Crippen molar-refractivity contribution in [3.8, 4) is 6.07 Å². The summed E-state index contributed by atoms with van der Waals surface area (Å²) in [5, 5.41) is 11.3. The Hall–Kier alpha value is -1.08. The van der Waals surface area contributed by atoms with E-state index in [1.807, 2.05) is 19.9 Å². The lowest BCUT2D eigenvalue weighted by atomic mass is 10.0. The van der Waals surface area contributed by atoms with E-state index in [1.165, 1.54) is 0 Å². The molecule has 0 saturated heterocycles. The molecule has 1 amide bonds. The average Bonchev–Trinajstić information content (AvgIpc) is 1.98. The molecule has 0 spiro atoms. The molecule has 0 heterocycles. The predicted octanol–water partition coefficient (Wildman–Crippen LogP) is -0.00202. The number of nitrogens with zero attached hydrogens (tertiary/aromatic N) is 1. The second-order valence-corrected chi connectivity index (χ2v) is 3.14. The van der Waals surface area contributed by atoms with Crippen LogP contribution in [0.4, 0.5) is 0 Å². The van der Waals surface area contributed by atoms with E-state index in [1.54, 1.807) is 6.92 Å². The molecule has 2 unspecified atom stereocenters. The highest BCUT2D eigenvalue weighted by Crippen LogP contribution is 2.01. The van der Waals surface area contributed by atoms with Crippen LogP contribution in [-0.4, -0.2) is 18.0 Å². The number of primary amides is 1. The summed E-state index contributed by atoms with van der Waals surface area (Å²) in [7, 11) is 0. The zero-order chi connectivity index (χ0) is 9.72. The first-order chi connectivity index (χ1) is 5.49. The average molecular weight is 169 g/mol. The van der Waals surface area contributed by atoms with E-state index in [2.05, 4.69) is 5.32 Å². The molecule has 4 heteroatoms. The first kappa shape index (κ1) is 10.9. The van der Waals surface area contributed by atoms with Crippen LogP contribution in [0.1, 0.15) is 20.8 Å². The van der Waals surface area contributed by atoms with Gasteiger partial charge in [0.05, 0.1) is 18.2 Å². The monoisotopic (exact) mass is 169 g/mol. The molecule has 0 aliphatic carbocycles. The van der Waals surface area contributed by atoms with Gasteiger partial charge in [-0.2, -0.15) is 5.26 Å². The zero-order valence-corrected chi connectivity index (χ0v) is 7.66. The Bertz CT molecular complexity index is 195. The van der Waals surface area contributed by atoms with Crippen LogP contribution in [0.2, 0.25) is 0 Å². The van der Waals surface area contributed by atoms with Crippen molar-refractivity contribution in [1.29, 1.82) is 5.26 Å². The summed E-state index contributed by atoms with van der Waals surface area (Å²) >= 11 is 0. The fourth-order valence-electron chi connectivity index (χ4n) is 0.910. The standard InChI is InChI=1S/C8H15N3O/c1-5(2)7(8(10)12)11-6(3)4-9/h5-7,11H,1-3H3,(H2,10,12). The minimum Gasteiger partial charge on any atom is -0.368 e. The first-order valence-electron chi connectivity index (χ1n) is 3.94. The van der Waals surface area contributed by atoms with Gasteiger partial charge in [-0.05, 0) is 12.8 Å². The van der Waals surface area contributed by atoms with E-state index >= 15 is 0 Å². The van der Waals surface area contributed by atoms with Crippen molar-refractivity contribution in [3.63, 3.8) is 0 Å². The van der Waals surface area contributed by atoms with Crippen molar-refractivity contribution >= 4 is 5.91 Å². The molecule has 3 N–H and O–H groups in total. The summed E-state index contributed by atoms with van der Waals surface area (Å²) in [5.74, 6) is -0.301. The molecular weight excluding hydrogens is 154 g/mol. The summed E-state index contributed by atoms with van der Waals surface area (Å²) in [6, 6.07) is 1.23. The maximum Gasteiger partial charge on any atom is 0.234 e. The van der Waals surface area contributed by atoms with E-state index in [4.69, 9.17) is 11.0 Å². The van der Waals surface area contributed by atoms with Gasteiger partial charge in [-0.25, -0.2) is 0 Å². The van der Waals surface area contributed by atoms with Crippen LogP contribution in [0.3, 0.4) is 0 Å². The quantitative estimate of drug-likeness (QED) is 0.621. The fraction of sp³-hybridized carbons (Fsp3) is 0.750. The summed E-state index contributed by atoms with van der Waals surface area (Å²) in [5.41, 5.74) is 5.13. The van der Waals surface area contributed by atoms with Crippen molar-refractivity contribution in [2.24, 2.45) is 11.7 Å². The SMILES string of the molecule is CC(C#N)NC(C(N)=O)C(C)C. The first-order valence-corrected chi connectivity index (χ1v) is 3.94. The molecule has 0 aromatic rings. The highest BCUT2D eigenvalue weighted by Gasteiger charge is 2.20. The number of nitrogens with one attached hydrogen (secondary N) is 1. The third kappa shape index (κ3) is 3.35. The molecule has 0 aliphatic rings. The van der Waals surface area contributed by atoms with Gasteiger partial charge in [0.15, 0.2) is 0 Å². The zero-order valence-electron chi connectivity index (χ0n) is 7.66. The van der Waals surface area contributed by atoms with Gasteiger partial charge in [0.1, 0.15) is 0 Å². The van der Waals surface area contributed by atoms with Crippen LogP contribution >= 0.6 is 0 Å². The summed E-state index contributed by atoms with van der Waals surface area (Å²) in [6.45, 7) is 5.46. The topological polar surface area (TPSA) is 78.9 Å². The maximum atomic E-state index is 10.8. The molecule has 68 valence electrons. The number of nitriles is 1. The van der Waals surface area contributed by atoms with Gasteiger partial charge >= 0.3 is 0 Å². The van der Waals surface area contributed by atoms with E-state index in [-0.39, 0.29) is 12.0 Å². The van der Waals surface area contributed by atoms with E-state index in [9.17, 15) is 4.79 Å². The number of carbonyl (C=O) groups excluding carboxylic acids is 1. The Morgan fingerprint density at radius 2 is 2.00 bits per heavy atom. The number of amides is 1. The largest absolute Gasteiger partial charge is 0.368 e. The lowest BCUT2D eigenvalue weighted by molar-refractivity contribution is -0.121. The van der Waals surface area contributed by atoms with Gasteiger partial charge in [0.2, 0.25) is 5.91 Å². The highest BCUT2D eigenvalue weighted by atomic mass is 16.1. The van der Waals surface area contributed by atoms with Crippen LogP contribution < -0.4 is 11.1 Å². The van der Waals surface area contributed by atoms with Gasteiger partial charge in [-0.1, -0.05) is 13.8 Å². The van der Waals surface area contributed by atoms with Crippen molar-refractivity contribution in [2.75, 3.05) is 0 Å². The minimum atomic E-state index is -0.417. The van der Waals surface area contributed by atoms with Gasteiger partial charge in [0.25, 0.3) is 0 Å². The maximum absolute atomic E-state index is 10.8.